The van der Waals surface area contributed by atoms with Crippen molar-refractivity contribution in [3.05, 3.63) is 121 Å². The Labute approximate surface area is 242 Å². The third kappa shape index (κ3) is 5.16. The van der Waals surface area contributed by atoms with E-state index in [9.17, 15) is 13.2 Å². The number of halogens is 3. The van der Waals surface area contributed by atoms with Gasteiger partial charge in [-0.3, -0.25) is 0 Å². The van der Waals surface area contributed by atoms with E-state index in [0.717, 1.165) is 39.1 Å². The van der Waals surface area contributed by atoms with Gasteiger partial charge < -0.3 is 0 Å². The van der Waals surface area contributed by atoms with Crippen LogP contribution in [-0.4, -0.2) is 37.6 Å². The molecular formula is C32H27F3N6Si. The summed E-state index contributed by atoms with van der Waals surface area (Å²) < 4.78 is 43.4. The molecule has 6 aromatic rings. The number of hydrogen-bond donors (Lipinski definition) is 0. The molecule has 2 aromatic carbocycles. The van der Waals surface area contributed by atoms with Gasteiger partial charge in [0.05, 0.1) is 5.69 Å². The van der Waals surface area contributed by atoms with E-state index < -0.39 is 19.9 Å². The third-order valence-electron chi connectivity index (χ3n) is 7.24. The minimum atomic E-state index is -4.56. The van der Waals surface area contributed by atoms with Crippen LogP contribution in [0.3, 0.4) is 0 Å². The van der Waals surface area contributed by atoms with E-state index in [4.69, 9.17) is 9.97 Å². The van der Waals surface area contributed by atoms with Gasteiger partial charge in [0.2, 0.25) is 0 Å². The van der Waals surface area contributed by atoms with Crippen molar-refractivity contribution in [2.45, 2.75) is 26.2 Å². The molecule has 6 rings (SSSR count). The Balaban J connectivity index is 1.50. The molecule has 0 amide bonds. The molecule has 4 heterocycles. The van der Waals surface area contributed by atoms with E-state index in [1.54, 1.807) is 4.68 Å². The Hall–Kier alpha value is -4.83. The summed E-state index contributed by atoms with van der Waals surface area (Å²) in [4.78, 5) is 10.1. The highest BCUT2D eigenvalue weighted by molar-refractivity contribution is 6.99. The van der Waals surface area contributed by atoms with Crippen molar-refractivity contribution in [1.29, 1.82) is 0 Å². The monoisotopic (exact) mass is 580 g/mol. The van der Waals surface area contributed by atoms with Gasteiger partial charge in [-0.2, -0.15) is 23.4 Å². The van der Waals surface area contributed by atoms with Crippen LogP contribution >= 0.6 is 0 Å². The maximum absolute atomic E-state index is 13.5. The van der Waals surface area contributed by atoms with Gasteiger partial charge in [-0.1, -0.05) is 73.8 Å². The highest BCUT2D eigenvalue weighted by atomic mass is 28.3. The number of pyridine rings is 2. The molecule has 6 nitrogen and oxygen atoms in total. The number of alkyl halides is 3. The van der Waals surface area contributed by atoms with Gasteiger partial charge in [0.15, 0.2) is 25.4 Å². The topological polar surface area (TPSA) is 61.4 Å². The molecule has 0 radical (unpaired) electrons. The van der Waals surface area contributed by atoms with Crippen LogP contribution in [0.2, 0.25) is 13.1 Å². The lowest BCUT2D eigenvalue weighted by Gasteiger charge is -2.24. The van der Waals surface area contributed by atoms with Crippen LogP contribution in [0.1, 0.15) is 11.4 Å². The quantitative estimate of drug-likeness (QED) is 0.216. The van der Waals surface area contributed by atoms with Gasteiger partial charge in [0, 0.05) is 34.2 Å². The molecule has 0 unspecified atom stereocenters. The summed E-state index contributed by atoms with van der Waals surface area (Å²) in [6, 6.07) is 30.3. The van der Waals surface area contributed by atoms with Gasteiger partial charge in [0.25, 0.3) is 0 Å². The third-order valence-corrected chi connectivity index (χ3v) is 10.4. The average Bonchev–Trinajstić information content (AvgIpc) is 3.67. The molecule has 0 saturated carbocycles. The molecule has 210 valence electrons. The van der Waals surface area contributed by atoms with Crippen LogP contribution in [0.15, 0.2) is 109 Å². The van der Waals surface area contributed by atoms with Crippen LogP contribution in [0, 0.1) is 6.92 Å². The van der Waals surface area contributed by atoms with Crippen LogP contribution in [0.4, 0.5) is 13.2 Å². The fourth-order valence-corrected chi connectivity index (χ4v) is 6.92. The van der Waals surface area contributed by atoms with Gasteiger partial charge in [-0.05, 0) is 54.4 Å². The normalized spacial score (nSPS) is 12.0. The fourth-order valence-electron chi connectivity index (χ4n) is 4.89. The minimum Gasteiger partial charge on any atom is -0.237 e. The highest BCUT2D eigenvalue weighted by Crippen LogP contribution is 2.30. The molecule has 0 atom stereocenters. The average molecular weight is 581 g/mol. The Morgan fingerprint density at radius 3 is 1.50 bits per heavy atom. The first-order valence-corrected chi connectivity index (χ1v) is 16.4. The van der Waals surface area contributed by atoms with Crippen LogP contribution < -0.4 is 10.6 Å². The Bertz CT molecular complexity index is 1860. The summed E-state index contributed by atoms with van der Waals surface area (Å²) in [5, 5.41) is 10.1. The number of rotatable bonds is 6. The van der Waals surface area contributed by atoms with Crippen LogP contribution in [0.5, 0.6) is 0 Å². The van der Waals surface area contributed by atoms with Crippen molar-refractivity contribution in [1.82, 2.24) is 29.5 Å². The summed E-state index contributed by atoms with van der Waals surface area (Å²) in [6.45, 7) is 6.20. The van der Waals surface area contributed by atoms with Crippen molar-refractivity contribution in [2.24, 2.45) is 0 Å². The predicted molar refractivity (Wildman–Crippen MR) is 160 cm³/mol. The zero-order valence-electron chi connectivity index (χ0n) is 23.2. The zero-order chi connectivity index (χ0) is 29.5. The number of nitrogens with zero attached hydrogens (tertiary/aromatic N) is 6. The molecule has 10 heteroatoms. The summed E-state index contributed by atoms with van der Waals surface area (Å²) in [6.07, 6.45) is -1.36. The number of aryl methyl sites for hydroxylation is 1. The summed E-state index contributed by atoms with van der Waals surface area (Å²) in [7, 11) is -2.58. The minimum absolute atomic E-state index is 0.332. The number of aromatic nitrogens is 6. The second-order valence-corrected chi connectivity index (χ2v) is 14.8. The molecule has 42 heavy (non-hydrogen) atoms. The van der Waals surface area contributed by atoms with Crippen LogP contribution in [0.25, 0.3) is 33.9 Å². The smallest absolute Gasteiger partial charge is 0.237 e. The van der Waals surface area contributed by atoms with E-state index in [1.165, 1.54) is 10.9 Å². The van der Waals surface area contributed by atoms with Crippen molar-refractivity contribution >= 4 is 18.7 Å². The van der Waals surface area contributed by atoms with E-state index in [2.05, 4.69) is 29.4 Å². The second-order valence-electron chi connectivity index (χ2n) is 10.5. The second kappa shape index (κ2) is 10.5. The SMILES string of the molecule is Cc1ccn(-c2nc([Si](C)(C)c3ccc(-c4ccccc4)c(-n4ccc(C(F)(F)F)n4)n3)ccc2-c2ccccc2)n1. The molecule has 0 aliphatic heterocycles. The summed E-state index contributed by atoms with van der Waals surface area (Å²) in [5.41, 5.74) is 3.38. The molecule has 0 saturated heterocycles. The number of benzene rings is 2. The first-order chi connectivity index (χ1) is 20.1. The molecule has 0 bridgehead atoms. The maximum atomic E-state index is 13.5. The van der Waals surface area contributed by atoms with E-state index in [1.807, 2.05) is 98.0 Å². The number of hydrogen-bond acceptors (Lipinski definition) is 4. The first-order valence-electron chi connectivity index (χ1n) is 13.4. The molecule has 0 spiro atoms. The molecular weight excluding hydrogens is 553 g/mol. The maximum Gasteiger partial charge on any atom is 0.435 e. The molecule has 0 fully saturated rings. The highest BCUT2D eigenvalue weighted by Gasteiger charge is 2.35. The van der Waals surface area contributed by atoms with Crippen molar-refractivity contribution in [3.63, 3.8) is 0 Å². The largest absolute Gasteiger partial charge is 0.435 e. The molecule has 0 N–H and O–H groups in total. The Morgan fingerprint density at radius 2 is 1.07 bits per heavy atom. The summed E-state index contributed by atoms with van der Waals surface area (Å²) >= 11 is 0. The lowest BCUT2D eigenvalue weighted by molar-refractivity contribution is -0.141. The first kappa shape index (κ1) is 27.3. The molecule has 4 aromatic heterocycles. The van der Waals surface area contributed by atoms with Crippen LogP contribution in [-0.2, 0) is 6.18 Å². The van der Waals surface area contributed by atoms with E-state index >= 15 is 0 Å². The van der Waals surface area contributed by atoms with E-state index in [0.29, 0.717) is 17.2 Å². The zero-order valence-corrected chi connectivity index (χ0v) is 24.2. The van der Waals surface area contributed by atoms with Gasteiger partial charge >= 0.3 is 6.18 Å². The molecule has 0 aliphatic carbocycles. The Kier molecular flexibility index (Phi) is 6.86. The standard InChI is InChI=1S/C32H27F3N6Si/c1-22-18-20-40(38-22)30-25(23-10-6-4-7-11-23)14-16-28(36-30)42(2,3)29-17-15-26(24-12-8-5-9-13-24)31(37-29)41-21-19-27(39-41)32(33,34)35/h4-21H,1-3H3. The van der Waals surface area contributed by atoms with E-state index in [-0.39, 0.29) is 0 Å². The van der Waals surface area contributed by atoms with Crippen molar-refractivity contribution in [3.8, 4) is 33.9 Å². The summed E-state index contributed by atoms with van der Waals surface area (Å²) in [5.74, 6) is 1.04. The van der Waals surface area contributed by atoms with Crippen molar-refractivity contribution < 1.29 is 13.2 Å². The lowest BCUT2D eigenvalue weighted by Crippen LogP contribution is -2.56. The van der Waals surface area contributed by atoms with Crippen molar-refractivity contribution in [2.75, 3.05) is 0 Å². The fraction of sp³-hybridized carbons (Fsp3) is 0.125. The molecule has 0 aliphatic rings. The van der Waals surface area contributed by atoms with Gasteiger partial charge in [-0.15, -0.1) is 0 Å². The Morgan fingerprint density at radius 1 is 0.595 bits per heavy atom. The van der Waals surface area contributed by atoms with Gasteiger partial charge in [-0.25, -0.2) is 19.3 Å². The van der Waals surface area contributed by atoms with Gasteiger partial charge in [0.1, 0.15) is 0 Å². The predicted octanol–water partition coefficient (Wildman–Crippen LogP) is 6.33. The lowest BCUT2D eigenvalue weighted by atomic mass is 10.1.